The molecule has 2 fully saturated rings. The Hall–Kier alpha value is -1.73. The van der Waals surface area contributed by atoms with Crippen LogP contribution in [0, 0.1) is 5.92 Å². The van der Waals surface area contributed by atoms with Crippen molar-refractivity contribution in [2.75, 3.05) is 26.2 Å². The van der Waals surface area contributed by atoms with Crippen LogP contribution < -0.4 is 0 Å². The van der Waals surface area contributed by atoms with Crippen LogP contribution in [0.25, 0.3) is 11.4 Å². The average molecular weight is 433 g/mol. The van der Waals surface area contributed by atoms with Gasteiger partial charge >= 0.3 is 0 Å². The molecule has 7 heteroatoms. The van der Waals surface area contributed by atoms with Crippen LogP contribution in [0.2, 0.25) is 0 Å². The lowest BCUT2D eigenvalue weighted by molar-refractivity contribution is -0.138. The average Bonchev–Trinajstić information content (AvgIpc) is 3.17. The molecular weight excluding hydrogens is 408 g/mol. The number of nitrogens with zero attached hydrogens (tertiary/aromatic N) is 4. The Balaban J connectivity index is 1.37. The van der Waals surface area contributed by atoms with Crippen LogP contribution in [-0.4, -0.2) is 52.0 Å². The molecule has 1 amide bonds. The van der Waals surface area contributed by atoms with E-state index in [4.69, 9.17) is 4.52 Å². The monoisotopic (exact) mass is 432 g/mol. The lowest BCUT2D eigenvalue weighted by atomic mass is 9.95. The molecule has 0 spiro atoms. The first kappa shape index (κ1) is 18.6. The van der Waals surface area contributed by atoms with Gasteiger partial charge in [-0.1, -0.05) is 33.2 Å². The number of carbonyl (C=O) groups is 1. The van der Waals surface area contributed by atoms with Crippen LogP contribution in [0.3, 0.4) is 0 Å². The van der Waals surface area contributed by atoms with Crippen LogP contribution in [-0.2, 0) is 11.3 Å². The SMILES string of the molecule is O=C(C1CCCN(Cc2nc(-c3cccc(Br)c3)no2)C1)N1CCCCC1. The summed E-state index contributed by atoms with van der Waals surface area (Å²) >= 11 is 3.47. The van der Waals surface area contributed by atoms with Gasteiger partial charge in [-0.15, -0.1) is 0 Å². The summed E-state index contributed by atoms with van der Waals surface area (Å²) in [5.41, 5.74) is 0.927. The van der Waals surface area contributed by atoms with E-state index in [1.807, 2.05) is 24.3 Å². The summed E-state index contributed by atoms with van der Waals surface area (Å²) in [6.45, 7) is 4.21. The van der Waals surface area contributed by atoms with E-state index in [-0.39, 0.29) is 5.92 Å². The van der Waals surface area contributed by atoms with Crippen molar-refractivity contribution in [1.29, 1.82) is 0 Å². The highest BCUT2D eigenvalue weighted by Crippen LogP contribution is 2.24. The van der Waals surface area contributed by atoms with Gasteiger partial charge in [-0.25, -0.2) is 0 Å². The van der Waals surface area contributed by atoms with Crippen molar-refractivity contribution >= 4 is 21.8 Å². The summed E-state index contributed by atoms with van der Waals surface area (Å²) in [5, 5.41) is 4.11. The van der Waals surface area contributed by atoms with Gasteiger partial charge in [0.05, 0.1) is 12.5 Å². The zero-order valence-electron chi connectivity index (χ0n) is 15.4. The smallest absolute Gasteiger partial charge is 0.241 e. The molecule has 1 unspecified atom stereocenters. The van der Waals surface area contributed by atoms with E-state index in [2.05, 4.69) is 35.9 Å². The van der Waals surface area contributed by atoms with Crippen molar-refractivity contribution in [3.63, 3.8) is 0 Å². The lowest BCUT2D eigenvalue weighted by Crippen LogP contribution is -2.46. The Morgan fingerprint density at radius 2 is 2.04 bits per heavy atom. The first-order valence-electron chi connectivity index (χ1n) is 9.79. The number of halogens is 1. The number of amides is 1. The second-order valence-corrected chi connectivity index (χ2v) is 8.40. The fraction of sp³-hybridized carbons (Fsp3) is 0.550. The number of likely N-dealkylation sites (tertiary alicyclic amines) is 2. The van der Waals surface area contributed by atoms with Gasteiger partial charge in [-0.05, 0) is 50.8 Å². The number of aromatic nitrogens is 2. The molecule has 1 aromatic heterocycles. The number of hydrogen-bond donors (Lipinski definition) is 0. The summed E-state index contributed by atoms with van der Waals surface area (Å²) in [5.74, 6) is 1.64. The van der Waals surface area contributed by atoms with Crippen molar-refractivity contribution < 1.29 is 9.32 Å². The fourth-order valence-corrected chi connectivity index (χ4v) is 4.43. The Kier molecular flexibility index (Phi) is 5.88. The molecule has 144 valence electrons. The molecule has 2 aromatic rings. The number of benzene rings is 1. The number of carbonyl (C=O) groups excluding carboxylic acids is 1. The Morgan fingerprint density at radius 1 is 1.19 bits per heavy atom. The molecule has 2 saturated heterocycles. The van der Waals surface area contributed by atoms with Crippen molar-refractivity contribution in [1.82, 2.24) is 19.9 Å². The van der Waals surface area contributed by atoms with Crippen molar-refractivity contribution in [2.45, 2.75) is 38.6 Å². The highest BCUT2D eigenvalue weighted by molar-refractivity contribution is 9.10. The minimum atomic E-state index is 0.101. The van der Waals surface area contributed by atoms with E-state index in [0.717, 1.165) is 61.9 Å². The molecule has 27 heavy (non-hydrogen) atoms. The van der Waals surface area contributed by atoms with Crippen molar-refractivity contribution in [2.24, 2.45) is 5.92 Å². The number of piperidine rings is 2. The Bertz CT molecular complexity index is 788. The normalized spacial score (nSPS) is 21.4. The molecule has 0 saturated carbocycles. The lowest BCUT2D eigenvalue weighted by Gasteiger charge is -2.35. The first-order chi connectivity index (χ1) is 13.2. The molecule has 1 atom stereocenters. The summed E-state index contributed by atoms with van der Waals surface area (Å²) in [7, 11) is 0. The molecule has 3 heterocycles. The zero-order chi connectivity index (χ0) is 18.6. The maximum Gasteiger partial charge on any atom is 0.241 e. The molecule has 0 N–H and O–H groups in total. The van der Waals surface area contributed by atoms with Gasteiger partial charge in [-0.3, -0.25) is 9.69 Å². The minimum absolute atomic E-state index is 0.101. The molecule has 0 bridgehead atoms. The zero-order valence-corrected chi connectivity index (χ0v) is 17.0. The maximum absolute atomic E-state index is 12.8. The van der Waals surface area contributed by atoms with E-state index in [1.54, 1.807) is 0 Å². The predicted octanol–water partition coefficient (Wildman–Crippen LogP) is 3.72. The second-order valence-electron chi connectivity index (χ2n) is 7.48. The van der Waals surface area contributed by atoms with E-state index in [1.165, 1.54) is 6.42 Å². The Labute approximate surface area is 168 Å². The quantitative estimate of drug-likeness (QED) is 0.736. The second kappa shape index (κ2) is 8.52. The molecule has 2 aliphatic rings. The van der Waals surface area contributed by atoms with E-state index < -0.39 is 0 Å². The highest BCUT2D eigenvalue weighted by atomic mass is 79.9. The third-order valence-electron chi connectivity index (χ3n) is 5.43. The van der Waals surface area contributed by atoms with Gasteiger partial charge in [0.25, 0.3) is 0 Å². The molecule has 6 nitrogen and oxygen atoms in total. The molecular formula is C20H25BrN4O2. The van der Waals surface area contributed by atoms with Crippen molar-refractivity contribution in [3.05, 3.63) is 34.6 Å². The van der Waals surface area contributed by atoms with Crippen LogP contribution in [0.1, 0.15) is 38.0 Å². The van der Waals surface area contributed by atoms with Gasteiger partial charge in [-0.2, -0.15) is 4.98 Å². The first-order valence-corrected chi connectivity index (χ1v) is 10.6. The van der Waals surface area contributed by atoms with Gasteiger partial charge in [0.2, 0.25) is 17.6 Å². The standard InChI is InChI=1S/C20H25BrN4O2/c21-17-8-4-6-15(12-17)19-22-18(27-23-19)14-24-9-5-7-16(13-24)20(26)25-10-2-1-3-11-25/h4,6,8,12,16H,1-3,5,7,9-11,13-14H2. The van der Waals surface area contributed by atoms with Gasteiger partial charge in [0.15, 0.2) is 0 Å². The molecule has 0 aliphatic carbocycles. The topological polar surface area (TPSA) is 62.5 Å². The third-order valence-corrected chi connectivity index (χ3v) is 5.93. The van der Waals surface area contributed by atoms with Gasteiger partial charge in [0.1, 0.15) is 0 Å². The molecule has 2 aliphatic heterocycles. The molecule has 1 aromatic carbocycles. The molecule has 0 radical (unpaired) electrons. The van der Waals surface area contributed by atoms with Crippen molar-refractivity contribution in [3.8, 4) is 11.4 Å². The van der Waals surface area contributed by atoms with Gasteiger partial charge < -0.3 is 9.42 Å². The van der Waals surface area contributed by atoms with Crippen LogP contribution in [0.4, 0.5) is 0 Å². The largest absolute Gasteiger partial charge is 0.342 e. The van der Waals surface area contributed by atoms with Crippen LogP contribution >= 0.6 is 15.9 Å². The fourth-order valence-electron chi connectivity index (χ4n) is 4.03. The summed E-state index contributed by atoms with van der Waals surface area (Å²) in [4.78, 5) is 21.7. The summed E-state index contributed by atoms with van der Waals surface area (Å²) in [6.07, 6.45) is 5.55. The van der Waals surface area contributed by atoms with Crippen LogP contribution in [0.5, 0.6) is 0 Å². The van der Waals surface area contributed by atoms with E-state index in [9.17, 15) is 4.79 Å². The van der Waals surface area contributed by atoms with Crippen LogP contribution in [0.15, 0.2) is 33.3 Å². The number of hydrogen-bond acceptors (Lipinski definition) is 5. The minimum Gasteiger partial charge on any atom is -0.342 e. The summed E-state index contributed by atoms with van der Waals surface area (Å²) in [6, 6.07) is 7.87. The number of rotatable bonds is 4. The van der Waals surface area contributed by atoms with E-state index >= 15 is 0 Å². The third kappa shape index (κ3) is 4.58. The molecule has 4 rings (SSSR count). The van der Waals surface area contributed by atoms with E-state index in [0.29, 0.717) is 24.2 Å². The predicted molar refractivity (Wildman–Crippen MR) is 106 cm³/mol. The maximum atomic E-state index is 12.8. The highest BCUT2D eigenvalue weighted by Gasteiger charge is 2.30. The Morgan fingerprint density at radius 3 is 2.85 bits per heavy atom. The van der Waals surface area contributed by atoms with Gasteiger partial charge in [0, 0.05) is 29.7 Å². The summed E-state index contributed by atoms with van der Waals surface area (Å²) < 4.78 is 6.45.